The van der Waals surface area contributed by atoms with Crippen LogP contribution in [0.3, 0.4) is 0 Å². The molecule has 1 saturated heterocycles. The van der Waals surface area contributed by atoms with Crippen LogP contribution in [0.4, 0.5) is 0 Å². The molecule has 2 aromatic rings. The van der Waals surface area contributed by atoms with Crippen LogP contribution in [0.15, 0.2) is 36.7 Å². The Morgan fingerprint density at radius 3 is 2.33 bits per heavy atom. The molecular weight excluding hydrogens is 346 g/mol. The van der Waals surface area contributed by atoms with Crippen molar-refractivity contribution in [1.29, 1.82) is 5.41 Å². The predicted molar refractivity (Wildman–Crippen MR) is 99.4 cm³/mol. The first kappa shape index (κ1) is 18.5. The van der Waals surface area contributed by atoms with E-state index in [1.54, 1.807) is 35.4 Å². The van der Waals surface area contributed by atoms with Gasteiger partial charge in [0.15, 0.2) is 0 Å². The van der Waals surface area contributed by atoms with Gasteiger partial charge in [-0.05, 0) is 18.8 Å². The van der Waals surface area contributed by atoms with E-state index in [4.69, 9.17) is 16.2 Å². The SMILES string of the molecule is N=C(N)c1ccc(-c2cnc(C(=O)N3CCC(CC(=O)O)CC3)cn2)cc1. The van der Waals surface area contributed by atoms with Crippen LogP contribution in [0, 0.1) is 11.3 Å². The Hall–Kier alpha value is -3.29. The van der Waals surface area contributed by atoms with Gasteiger partial charge in [-0.15, -0.1) is 0 Å². The fraction of sp³-hybridized carbons (Fsp3) is 0.316. The predicted octanol–water partition coefficient (Wildman–Crippen LogP) is 1.75. The van der Waals surface area contributed by atoms with E-state index in [2.05, 4.69) is 9.97 Å². The van der Waals surface area contributed by atoms with Crippen LogP contribution in [0.2, 0.25) is 0 Å². The largest absolute Gasteiger partial charge is 0.481 e. The molecule has 8 nitrogen and oxygen atoms in total. The van der Waals surface area contributed by atoms with E-state index in [1.165, 1.54) is 6.20 Å². The number of aliphatic carboxylic acids is 1. The van der Waals surface area contributed by atoms with Crippen LogP contribution >= 0.6 is 0 Å². The lowest BCUT2D eigenvalue weighted by molar-refractivity contribution is -0.138. The molecule has 2 heterocycles. The molecule has 0 spiro atoms. The number of nitrogens with zero attached hydrogens (tertiary/aromatic N) is 3. The van der Waals surface area contributed by atoms with E-state index in [1.807, 2.05) is 0 Å². The monoisotopic (exact) mass is 367 g/mol. The van der Waals surface area contributed by atoms with Crippen molar-refractivity contribution < 1.29 is 14.7 Å². The lowest BCUT2D eigenvalue weighted by Crippen LogP contribution is -2.39. The Kier molecular flexibility index (Phi) is 5.44. The Balaban J connectivity index is 1.64. The van der Waals surface area contributed by atoms with Crippen molar-refractivity contribution in [3.8, 4) is 11.3 Å². The van der Waals surface area contributed by atoms with Gasteiger partial charge < -0.3 is 15.7 Å². The lowest BCUT2D eigenvalue weighted by Gasteiger charge is -2.31. The fourth-order valence-electron chi connectivity index (χ4n) is 3.16. The molecule has 3 rings (SSSR count). The van der Waals surface area contributed by atoms with Crippen LogP contribution in [0.1, 0.15) is 35.3 Å². The Bertz CT molecular complexity index is 841. The number of piperidine rings is 1. The number of carboxylic acids is 1. The number of amides is 1. The standard InChI is InChI=1S/C19H21N5O3/c20-18(21)14-3-1-13(2-4-14)15-10-23-16(11-22-15)19(27)24-7-5-12(6-8-24)9-17(25)26/h1-4,10-12H,5-9H2,(H3,20,21)(H,25,26). The topological polar surface area (TPSA) is 133 Å². The van der Waals surface area contributed by atoms with Crippen molar-refractivity contribution in [2.45, 2.75) is 19.3 Å². The average molecular weight is 367 g/mol. The number of carbonyl (C=O) groups excluding carboxylic acids is 1. The second kappa shape index (κ2) is 7.94. The molecule has 0 unspecified atom stereocenters. The first-order chi connectivity index (χ1) is 12.9. The zero-order valence-electron chi connectivity index (χ0n) is 14.8. The van der Waals surface area contributed by atoms with E-state index >= 15 is 0 Å². The van der Waals surface area contributed by atoms with Crippen molar-refractivity contribution in [1.82, 2.24) is 14.9 Å². The molecule has 1 aromatic heterocycles. The van der Waals surface area contributed by atoms with Gasteiger partial charge >= 0.3 is 5.97 Å². The maximum absolute atomic E-state index is 12.6. The summed E-state index contributed by atoms with van der Waals surface area (Å²) in [6.45, 7) is 1.07. The summed E-state index contributed by atoms with van der Waals surface area (Å²) < 4.78 is 0. The van der Waals surface area contributed by atoms with Gasteiger partial charge in [-0.3, -0.25) is 20.0 Å². The van der Waals surface area contributed by atoms with Gasteiger partial charge in [-0.25, -0.2) is 4.98 Å². The molecule has 4 N–H and O–H groups in total. The summed E-state index contributed by atoms with van der Waals surface area (Å²) >= 11 is 0. The number of rotatable bonds is 5. The second-order valence-electron chi connectivity index (χ2n) is 6.61. The molecule has 1 aliphatic rings. The molecule has 0 radical (unpaired) electrons. The first-order valence-electron chi connectivity index (χ1n) is 8.72. The molecule has 1 aliphatic heterocycles. The lowest BCUT2D eigenvalue weighted by atomic mass is 9.93. The summed E-state index contributed by atoms with van der Waals surface area (Å²) in [7, 11) is 0. The van der Waals surface area contributed by atoms with Crippen LogP contribution < -0.4 is 5.73 Å². The second-order valence-corrected chi connectivity index (χ2v) is 6.61. The molecule has 0 saturated carbocycles. The van der Waals surface area contributed by atoms with Gasteiger partial charge in [-0.2, -0.15) is 0 Å². The van der Waals surface area contributed by atoms with Crippen molar-refractivity contribution >= 4 is 17.7 Å². The van der Waals surface area contributed by atoms with Gasteiger partial charge in [0.1, 0.15) is 11.5 Å². The number of likely N-dealkylation sites (tertiary alicyclic amines) is 1. The molecule has 27 heavy (non-hydrogen) atoms. The Labute approximate surface area is 156 Å². The normalized spacial score (nSPS) is 14.7. The fourth-order valence-corrected chi connectivity index (χ4v) is 3.16. The first-order valence-corrected chi connectivity index (χ1v) is 8.72. The minimum Gasteiger partial charge on any atom is -0.481 e. The zero-order chi connectivity index (χ0) is 19.4. The molecule has 1 aromatic carbocycles. The van der Waals surface area contributed by atoms with Crippen LogP contribution in [0.25, 0.3) is 11.3 Å². The van der Waals surface area contributed by atoms with Crippen molar-refractivity contribution in [3.05, 3.63) is 47.9 Å². The number of nitrogens with one attached hydrogen (secondary N) is 1. The highest BCUT2D eigenvalue weighted by Gasteiger charge is 2.25. The van der Waals surface area contributed by atoms with Gasteiger partial charge in [0.05, 0.1) is 18.1 Å². The third-order valence-corrected chi connectivity index (χ3v) is 4.73. The minimum atomic E-state index is -0.794. The number of nitrogen functional groups attached to an aromatic ring is 1. The quantitative estimate of drug-likeness (QED) is 0.545. The third kappa shape index (κ3) is 4.46. The number of carboxylic acid groups (broad SMARTS) is 1. The summed E-state index contributed by atoms with van der Waals surface area (Å²) in [4.78, 5) is 33.6. The van der Waals surface area contributed by atoms with Gasteiger partial charge in [0, 0.05) is 30.6 Å². The summed E-state index contributed by atoms with van der Waals surface area (Å²) in [5, 5.41) is 16.3. The van der Waals surface area contributed by atoms with Crippen LogP contribution in [-0.2, 0) is 4.79 Å². The third-order valence-electron chi connectivity index (χ3n) is 4.73. The van der Waals surface area contributed by atoms with E-state index in [0.29, 0.717) is 37.2 Å². The van der Waals surface area contributed by atoms with Crippen LogP contribution in [0.5, 0.6) is 0 Å². The molecular formula is C19H21N5O3. The summed E-state index contributed by atoms with van der Waals surface area (Å²) in [5.74, 6) is -0.856. The molecule has 1 fully saturated rings. The van der Waals surface area contributed by atoms with Gasteiger partial charge in [0.25, 0.3) is 5.91 Å². The van der Waals surface area contributed by atoms with E-state index in [0.717, 1.165) is 5.56 Å². The van der Waals surface area contributed by atoms with Gasteiger partial charge in [0.2, 0.25) is 0 Å². The van der Waals surface area contributed by atoms with Crippen molar-refractivity contribution in [2.75, 3.05) is 13.1 Å². The Morgan fingerprint density at radius 2 is 1.81 bits per heavy atom. The number of nitrogens with two attached hydrogens (primary N) is 1. The van der Waals surface area contributed by atoms with E-state index in [9.17, 15) is 9.59 Å². The minimum absolute atomic E-state index is 0.000652. The number of amidine groups is 1. The molecule has 1 amide bonds. The van der Waals surface area contributed by atoms with E-state index in [-0.39, 0.29) is 29.8 Å². The highest BCUT2D eigenvalue weighted by Crippen LogP contribution is 2.22. The number of hydrogen-bond donors (Lipinski definition) is 3. The number of hydrogen-bond acceptors (Lipinski definition) is 5. The van der Waals surface area contributed by atoms with Crippen LogP contribution in [-0.4, -0.2) is 50.8 Å². The van der Waals surface area contributed by atoms with Gasteiger partial charge in [-0.1, -0.05) is 24.3 Å². The highest BCUT2D eigenvalue weighted by atomic mass is 16.4. The maximum Gasteiger partial charge on any atom is 0.303 e. The zero-order valence-corrected chi connectivity index (χ0v) is 14.8. The Morgan fingerprint density at radius 1 is 1.15 bits per heavy atom. The molecule has 0 aliphatic carbocycles. The summed E-state index contributed by atoms with van der Waals surface area (Å²) in [5.41, 5.74) is 7.79. The molecule has 0 atom stereocenters. The summed E-state index contributed by atoms with van der Waals surface area (Å²) in [6, 6.07) is 7.07. The van der Waals surface area contributed by atoms with Crippen molar-refractivity contribution in [3.63, 3.8) is 0 Å². The molecule has 8 heteroatoms. The number of aromatic nitrogens is 2. The maximum atomic E-state index is 12.6. The number of carbonyl (C=O) groups is 2. The molecule has 0 bridgehead atoms. The summed E-state index contributed by atoms with van der Waals surface area (Å²) in [6.07, 6.45) is 4.53. The smallest absolute Gasteiger partial charge is 0.303 e. The molecule has 140 valence electrons. The number of benzene rings is 1. The average Bonchev–Trinajstić information content (AvgIpc) is 2.68. The van der Waals surface area contributed by atoms with Crippen molar-refractivity contribution in [2.24, 2.45) is 11.7 Å². The van der Waals surface area contributed by atoms with E-state index < -0.39 is 5.97 Å². The highest BCUT2D eigenvalue weighted by molar-refractivity contribution is 5.95.